The largest absolute Gasteiger partial charge is 0.497 e. The Kier molecular flexibility index (Phi) is 4.24. The van der Waals surface area contributed by atoms with Gasteiger partial charge in [0, 0.05) is 31.0 Å². The number of rotatable bonds is 3. The lowest BCUT2D eigenvalue weighted by Crippen LogP contribution is -2.46. The molecule has 22 heavy (non-hydrogen) atoms. The quantitative estimate of drug-likeness (QED) is 0.872. The van der Waals surface area contributed by atoms with Gasteiger partial charge in [-0.05, 0) is 31.5 Å². The fourth-order valence-electron chi connectivity index (χ4n) is 2.76. The summed E-state index contributed by atoms with van der Waals surface area (Å²) in [6.07, 6.45) is 4.14. The summed E-state index contributed by atoms with van der Waals surface area (Å²) in [5.41, 5.74) is 2.08. The van der Waals surface area contributed by atoms with Crippen LogP contribution in [-0.2, 0) is 4.74 Å². The summed E-state index contributed by atoms with van der Waals surface area (Å²) in [7, 11) is 1.66. The minimum absolute atomic E-state index is 0.202. The molecular weight excluding hydrogens is 278 g/mol. The molecule has 0 radical (unpaired) electrons. The zero-order valence-electron chi connectivity index (χ0n) is 13.2. The molecule has 0 spiro atoms. The molecule has 1 aliphatic heterocycles. The van der Waals surface area contributed by atoms with Crippen molar-refractivity contribution in [2.24, 2.45) is 0 Å². The van der Waals surface area contributed by atoms with Crippen molar-refractivity contribution in [1.29, 1.82) is 0 Å². The molecule has 1 aromatic heterocycles. The molecule has 1 aliphatic rings. The zero-order chi connectivity index (χ0) is 15.5. The van der Waals surface area contributed by atoms with Gasteiger partial charge in [-0.3, -0.25) is 0 Å². The van der Waals surface area contributed by atoms with E-state index in [0.29, 0.717) is 0 Å². The molecule has 0 saturated carbocycles. The predicted octanol–water partition coefficient (Wildman–Crippen LogP) is 2.77. The number of hydrogen-bond acceptors (Lipinski definition) is 5. The summed E-state index contributed by atoms with van der Waals surface area (Å²) in [6.45, 7) is 5.81. The van der Waals surface area contributed by atoms with Crippen LogP contribution in [0.1, 0.15) is 13.8 Å². The van der Waals surface area contributed by atoms with Crippen LogP contribution >= 0.6 is 0 Å². The van der Waals surface area contributed by atoms with E-state index in [1.54, 1.807) is 7.11 Å². The maximum absolute atomic E-state index is 5.74. The van der Waals surface area contributed by atoms with Crippen molar-refractivity contribution < 1.29 is 9.47 Å². The Morgan fingerprint density at radius 3 is 2.14 bits per heavy atom. The van der Waals surface area contributed by atoms with E-state index >= 15 is 0 Å². The van der Waals surface area contributed by atoms with Crippen LogP contribution in [0.5, 0.6) is 5.75 Å². The number of hydrogen-bond donors (Lipinski definition) is 0. The molecule has 2 aromatic rings. The van der Waals surface area contributed by atoms with Crippen molar-refractivity contribution in [3.8, 4) is 16.9 Å². The van der Waals surface area contributed by atoms with Crippen LogP contribution in [0.3, 0.4) is 0 Å². The van der Waals surface area contributed by atoms with Gasteiger partial charge >= 0.3 is 0 Å². The number of anilines is 1. The Balaban J connectivity index is 1.77. The van der Waals surface area contributed by atoms with E-state index in [4.69, 9.17) is 9.47 Å². The second-order valence-electron chi connectivity index (χ2n) is 5.66. The Labute approximate surface area is 130 Å². The summed E-state index contributed by atoms with van der Waals surface area (Å²) in [6, 6.07) is 7.90. The van der Waals surface area contributed by atoms with E-state index < -0.39 is 0 Å². The fraction of sp³-hybridized carbons (Fsp3) is 0.412. The molecule has 2 heterocycles. The van der Waals surface area contributed by atoms with Crippen molar-refractivity contribution >= 4 is 5.95 Å². The van der Waals surface area contributed by atoms with E-state index in [1.807, 2.05) is 36.7 Å². The van der Waals surface area contributed by atoms with Crippen molar-refractivity contribution in [2.75, 3.05) is 25.1 Å². The van der Waals surface area contributed by atoms with Gasteiger partial charge in [-0.2, -0.15) is 0 Å². The molecule has 2 atom stereocenters. The number of methoxy groups -OCH3 is 1. The summed E-state index contributed by atoms with van der Waals surface area (Å²) in [4.78, 5) is 11.2. The van der Waals surface area contributed by atoms with E-state index in [0.717, 1.165) is 35.9 Å². The SMILES string of the molecule is COc1ccc(-c2cnc(N3CC(C)OC(C)C3)nc2)cc1. The van der Waals surface area contributed by atoms with Gasteiger partial charge in [-0.15, -0.1) is 0 Å². The second kappa shape index (κ2) is 6.32. The Bertz CT molecular complexity index is 603. The lowest BCUT2D eigenvalue weighted by atomic mass is 10.1. The molecular formula is C17H21N3O2. The smallest absolute Gasteiger partial charge is 0.225 e. The van der Waals surface area contributed by atoms with Gasteiger partial charge in [-0.1, -0.05) is 12.1 Å². The topological polar surface area (TPSA) is 47.5 Å². The Morgan fingerprint density at radius 2 is 1.59 bits per heavy atom. The van der Waals surface area contributed by atoms with E-state index in [1.165, 1.54) is 0 Å². The first-order valence-corrected chi connectivity index (χ1v) is 7.52. The molecule has 5 heteroatoms. The normalized spacial score (nSPS) is 21.7. The molecule has 0 N–H and O–H groups in total. The monoisotopic (exact) mass is 299 g/mol. The maximum atomic E-state index is 5.74. The number of ether oxygens (including phenoxy) is 2. The van der Waals surface area contributed by atoms with Crippen molar-refractivity contribution in [3.05, 3.63) is 36.7 Å². The van der Waals surface area contributed by atoms with Crippen molar-refractivity contribution in [2.45, 2.75) is 26.1 Å². The Hall–Kier alpha value is -2.14. The highest BCUT2D eigenvalue weighted by molar-refractivity contribution is 5.62. The second-order valence-corrected chi connectivity index (χ2v) is 5.66. The lowest BCUT2D eigenvalue weighted by molar-refractivity contribution is -0.00571. The highest BCUT2D eigenvalue weighted by Gasteiger charge is 2.23. The highest BCUT2D eigenvalue weighted by atomic mass is 16.5. The molecule has 3 rings (SSSR count). The van der Waals surface area contributed by atoms with Gasteiger partial charge in [0.1, 0.15) is 5.75 Å². The van der Waals surface area contributed by atoms with Crippen LogP contribution in [-0.4, -0.2) is 42.4 Å². The predicted molar refractivity (Wildman–Crippen MR) is 86.2 cm³/mol. The number of nitrogens with zero attached hydrogens (tertiary/aromatic N) is 3. The third-order valence-electron chi connectivity index (χ3n) is 3.76. The summed E-state index contributed by atoms with van der Waals surface area (Å²) in [5.74, 6) is 1.61. The van der Waals surface area contributed by atoms with E-state index in [9.17, 15) is 0 Å². The van der Waals surface area contributed by atoms with Gasteiger partial charge in [0.25, 0.3) is 0 Å². The third-order valence-corrected chi connectivity index (χ3v) is 3.76. The molecule has 1 fully saturated rings. The minimum Gasteiger partial charge on any atom is -0.497 e. The minimum atomic E-state index is 0.202. The zero-order valence-corrected chi connectivity index (χ0v) is 13.2. The average Bonchev–Trinajstić information content (AvgIpc) is 2.54. The van der Waals surface area contributed by atoms with Crippen molar-refractivity contribution in [3.63, 3.8) is 0 Å². The fourth-order valence-corrected chi connectivity index (χ4v) is 2.76. The molecule has 0 amide bonds. The summed E-state index contributed by atoms with van der Waals surface area (Å²) in [5, 5.41) is 0. The Morgan fingerprint density at radius 1 is 1.00 bits per heavy atom. The molecule has 5 nitrogen and oxygen atoms in total. The number of benzene rings is 1. The van der Waals surface area contributed by atoms with Crippen molar-refractivity contribution in [1.82, 2.24) is 9.97 Å². The van der Waals surface area contributed by atoms with Gasteiger partial charge in [0.15, 0.2) is 0 Å². The molecule has 1 saturated heterocycles. The van der Waals surface area contributed by atoms with Crippen LogP contribution in [0.15, 0.2) is 36.7 Å². The maximum Gasteiger partial charge on any atom is 0.225 e. The number of aromatic nitrogens is 2. The number of morpholine rings is 1. The molecule has 116 valence electrons. The average molecular weight is 299 g/mol. The van der Waals surface area contributed by atoms with Gasteiger partial charge in [0.05, 0.1) is 19.3 Å². The van der Waals surface area contributed by atoms with Gasteiger partial charge in [0.2, 0.25) is 5.95 Å². The standard InChI is InChI=1S/C17H21N3O2/c1-12-10-20(11-13(2)22-12)17-18-8-15(9-19-17)14-4-6-16(21-3)7-5-14/h4-9,12-13H,10-11H2,1-3H3. The lowest BCUT2D eigenvalue weighted by Gasteiger charge is -2.35. The first kappa shape index (κ1) is 14.8. The van der Waals surface area contributed by atoms with Gasteiger partial charge in [-0.25, -0.2) is 9.97 Å². The molecule has 0 aliphatic carbocycles. The van der Waals surface area contributed by atoms with Crippen LogP contribution in [0.25, 0.3) is 11.1 Å². The van der Waals surface area contributed by atoms with E-state index in [2.05, 4.69) is 28.7 Å². The molecule has 2 unspecified atom stereocenters. The van der Waals surface area contributed by atoms with Crippen LogP contribution in [0.4, 0.5) is 5.95 Å². The van der Waals surface area contributed by atoms with Crippen LogP contribution < -0.4 is 9.64 Å². The highest BCUT2D eigenvalue weighted by Crippen LogP contribution is 2.23. The van der Waals surface area contributed by atoms with Crippen LogP contribution in [0.2, 0.25) is 0 Å². The summed E-state index contributed by atoms with van der Waals surface area (Å²) >= 11 is 0. The summed E-state index contributed by atoms with van der Waals surface area (Å²) < 4.78 is 10.9. The first-order valence-electron chi connectivity index (χ1n) is 7.52. The molecule has 0 bridgehead atoms. The molecule has 1 aromatic carbocycles. The van der Waals surface area contributed by atoms with Crippen LogP contribution in [0, 0.1) is 0 Å². The van der Waals surface area contributed by atoms with E-state index in [-0.39, 0.29) is 12.2 Å². The third kappa shape index (κ3) is 3.20. The first-order chi connectivity index (χ1) is 10.7. The van der Waals surface area contributed by atoms with Gasteiger partial charge < -0.3 is 14.4 Å².